The largest absolute Gasteiger partial charge is 0.490 e. The Bertz CT molecular complexity index is 400. The van der Waals surface area contributed by atoms with E-state index >= 15 is 0 Å². The highest BCUT2D eigenvalue weighted by Gasteiger charge is 2.23. The molecule has 0 saturated carbocycles. The minimum absolute atomic E-state index is 0.330. The number of aliphatic hydroxyl groups is 1. The van der Waals surface area contributed by atoms with Crippen LogP contribution in [0.1, 0.15) is 50.8 Å². The zero-order valence-electron chi connectivity index (χ0n) is 12.8. The molecule has 1 aromatic rings. The van der Waals surface area contributed by atoms with Crippen molar-refractivity contribution in [2.45, 2.75) is 52.2 Å². The molecule has 0 spiro atoms. The number of nitrogens with one attached hydrogen (secondary N) is 1. The maximum atomic E-state index is 10.2. The highest BCUT2D eigenvalue weighted by molar-refractivity contribution is 5.37. The predicted molar refractivity (Wildman–Crippen MR) is 79.7 cm³/mol. The van der Waals surface area contributed by atoms with E-state index in [0.717, 1.165) is 11.3 Å². The third-order valence-corrected chi connectivity index (χ3v) is 3.94. The standard InChI is InChI=1S/C16H27NO2/c1-6-16(18,7-2)11-19-15-9-8-14(10-12(15)3)13(4)17-5/h8-10,13,17-18H,6-7,11H2,1-5H3. The first kappa shape index (κ1) is 16.0. The van der Waals surface area contributed by atoms with Crippen molar-refractivity contribution in [3.05, 3.63) is 29.3 Å². The molecular weight excluding hydrogens is 238 g/mol. The molecule has 2 N–H and O–H groups in total. The van der Waals surface area contributed by atoms with E-state index in [9.17, 15) is 5.11 Å². The van der Waals surface area contributed by atoms with Crippen molar-refractivity contribution in [2.24, 2.45) is 0 Å². The SMILES string of the molecule is CCC(O)(CC)COc1ccc(C(C)NC)cc1C. The highest BCUT2D eigenvalue weighted by atomic mass is 16.5. The zero-order valence-corrected chi connectivity index (χ0v) is 12.8. The molecule has 0 aliphatic rings. The lowest BCUT2D eigenvalue weighted by Crippen LogP contribution is -2.34. The van der Waals surface area contributed by atoms with Crippen molar-refractivity contribution < 1.29 is 9.84 Å². The van der Waals surface area contributed by atoms with E-state index in [1.54, 1.807) is 0 Å². The van der Waals surface area contributed by atoms with Gasteiger partial charge in [0.2, 0.25) is 0 Å². The molecule has 3 heteroatoms. The quantitative estimate of drug-likeness (QED) is 0.795. The molecule has 1 aromatic carbocycles. The van der Waals surface area contributed by atoms with Gasteiger partial charge in [-0.25, -0.2) is 0 Å². The van der Waals surface area contributed by atoms with Gasteiger partial charge in [-0.15, -0.1) is 0 Å². The van der Waals surface area contributed by atoms with E-state index in [0.29, 0.717) is 25.5 Å². The van der Waals surface area contributed by atoms with Crippen LogP contribution in [0.15, 0.2) is 18.2 Å². The summed E-state index contributed by atoms with van der Waals surface area (Å²) in [4.78, 5) is 0. The minimum atomic E-state index is -0.719. The van der Waals surface area contributed by atoms with E-state index in [2.05, 4.69) is 24.4 Å². The smallest absolute Gasteiger partial charge is 0.122 e. The molecule has 0 saturated heterocycles. The molecule has 0 amide bonds. The topological polar surface area (TPSA) is 41.5 Å². The van der Waals surface area contributed by atoms with Crippen LogP contribution < -0.4 is 10.1 Å². The van der Waals surface area contributed by atoms with Gasteiger partial charge in [-0.2, -0.15) is 0 Å². The van der Waals surface area contributed by atoms with Crippen LogP contribution in [0, 0.1) is 6.92 Å². The zero-order chi connectivity index (χ0) is 14.5. The molecule has 0 heterocycles. The van der Waals surface area contributed by atoms with Crippen molar-refractivity contribution in [3.8, 4) is 5.75 Å². The normalized spacial score (nSPS) is 13.4. The second kappa shape index (κ2) is 6.92. The second-order valence-corrected chi connectivity index (χ2v) is 5.26. The van der Waals surface area contributed by atoms with Gasteiger partial charge in [0.1, 0.15) is 12.4 Å². The van der Waals surface area contributed by atoms with Crippen LogP contribution in [0.25, 0.3) is 0 Å². The summed E-state index contributed by atoms with van der Waals surface area (Å²) < 4.78 is 5.78. The van der Waals surface area contributed by atoms with Gasteiger partial charge in [0, 0.05) is 6.04 Å². The Hall–Kier alpha value is -1.06. The summed E-state index contributed by atoms with van der Waals surface area (Å²) in [6.45, 7) is 8.48. The minimum Gasteiger partial charge on any atom is -0.490 e. The third-order valence-electron chi connectivity index (χ3n) is 3.94. The fraction of sp³-hybridized carbons (Fsp3) is 0.625. The van der Waals surface area contributed by atoms with Gasteiger partial charge in [0.15, 0.2) is 0 Å². The number of ether oxygens (including phenoxy) is 1. The van der Waals surface area contributed by atoms with E-state index in [4.69, 9.17) is 4.74 Å². The number of rotatable bonds is 7. The van der Waals surface area contributed by atoms with Crippen molar-refractivity contribution in [1.82, 2.24) is 5.32 Å². The number of benzene rings is 1. The monoisotopic (exact) mass is 265 g/mol. The first-order valence-corrected chi connectivity index (χ1v) is 7.08. The second-order valence-electron chi connectivity index (χ2n) is 5.26. The fourth-order valence-corrected chi connectivity index (χ4v) is 1.94. The molecule has 1 atom stereocenters. The van der Waals surface area contributed by atoms with Crippen molar-refractivity contribution >= 4 is 0 Å². The molecule has 0 aliphatic heterocycles. The van der Waals surface area contributed by atoms with Crippen LogP contribution in [0.5, 0.6) is 5.75 Å². The molecule has 1 unspecified atom stereocenters. The predicted octanol–water partition coefficient (Wildman–Crippen LogP) is 3.21. The van der Waals surface area contributed by atoms with Crippen molar-refractivity contribution in [3.63, 3.8) is 0 Å². The molecule has 0 aliphatic carbocycles. The summed E-state index contributed by atoms with van der Waals surface area (Å²) in [5, 5.41) is 13.4. The summed E-state index contributed by atoms with van der Waals surface area (Å²) in [5.41, 5.74) is 1.63. The first-order chi connectivity index (χ1) is 8.95. The Morgan fingerprint density at radius 2 is 1.95 bits per heavy atom. The summed E-state index contributed by atoms with van der Waals surface area (Å²) in [6.07, 6.45) is 1.41. The van der Waals surface area contributed by atoms with Crippen LogP contribution in [-0.4, -0.2) is 24.4 Å². The molecule has 108 valence electrons. The molecule has 1 rings (SSSR count). The first-order valence-electron chi connectivity index (χ1n) is 7.08. The summed E-state index contributed by atoms with van der Waals surface area (Å²) in [7, 11) is 1.95. The Balaban J connectivity index is 2.75. The molecule has 0 fully saturated rings. The van der Waals surface area contributed by atoms with Crippen LogP contribution in [-0.2, 0) is 0 Å². The fourth-order valence-electron chi connectivity index (χ4n) is 1.94. The number of aryl methyl sites for hydroxylation is 1. The van der Waals surface area contributed by atoms with Crippen molar-refractivity contribution in [2.75, 3.05) is 13.7 Å². The van der Waals surface area contributed by atoms with Crippen LogP contribution in [0.4, 0.5) is 0 Å². The van der Waals surface area contributed by atoms with Gasteiger partial charge in [0.25, 0.3) is 0 Å². The van der Waals surface area contributed by atoms with E-state index in [-0.39, 0.29) is 0 Å². The van der Waals surface area contributed by atoms with Crippen LogP contribution >= 0.6 is 0 Å². The van der Waals surface area contributed by atoms with Gasteiger partial charge in [-0.3, -0.25) is 0 Å². The summed E-state index contributed by atoms with van der Waals surface area (Å²) >= 11 is 0. The Morgan fingerprint density at radius 3 is 2.42 bits per heavy atom. The molecule has 0 bridgehead atoms. The number of hydrogen-bond acceptors (Lipinski definition) is 3. The van der Waals surface area contributed by atoms with Crippen molar-refractivity contribution in [1.29, 1.82) is 0 Å². The van der Waals surface area contributed by atoms with E-state index in [1.165, 1.54) is 5.56 Å². The van der Waals surface area contributed by atoms with Gasteiger partial charge in [-0.05, 0) is 50.9 Å². The molecule has 3 nitrogen and oxygen atoms in total. The maximum Gasteiger partial charge on any atom is 0.122 e. The third kappa shape index (κ3) is 4.22. The summed E-state index contributed by atoms with van der Waals surface area (Å²) in [5.74, 6) is 0.854. The Kier molecular flexibility index (Phi) is 5.83. The van der Waals surface area contributed by atoms with E-state index < -0.39 is 5.60 Å². The highest BCUT2D eigenvalue weighted by Crippen LogP contribution is 2.24. The van der Waals surface area contributed by atoms with Gasteiger partial charge >= 0.3 is 0 Å². The molecule has 0 radical (unpaired) electrons. The molecule has 0 aromatic heterocycles. The lowest BCUT2D eigenvalue weighted by atomic mass is 9.99. The van der Waals surface area contributed by atoms with Crippen LogP contribution in [0.3, 0.4) is 0 Å². The van der Waals surface area contributed by atoms with Gasteiger partial charge in [0.05, 0.1) is 5.60 Å². The average Bonchev–Trinajstić information content (AvgIpc) is 2.44. The average molecular weight is 265 g/mol. The van der Waals surface area contributed by atoms with Gasteiger partial charge < -0.3 is 15.2 Å². The lowest BCUT2D eigenvalue weighted by molar-refractivity contribution is -0.0115. The van der Waals surface area contributed by atoms with E-state index in [1.807, 2.05) is 33.9 Å². The van der Waals surface area contributed by atoms with Crippen LogP contribution in [0.2, 0.25) is 0 Å². The molecule has 19 heavy (non-hydrogen) atoms. The number of hydrogen-bond donors (Lipinski definition) is 2. The van der Waals surface area contributed by atoms with Gasteiger partial charge in [-0.1, -0.05) is 26.0 Å². The summed E-state index contributed by atoms with van der Waals surface area (Å²) in [6, 6.07) is 6.52. The Morgan fingerprint density at radius 1 is 1.32 bits per heavy atom. The Labute approximate surface area is 117 Å². The maximum absolute atomic E-state index is 10.2. The lowest BCUT2D eigenvalue weighted by Gasteiger charge is -2.25. The molecular formula is C16H27NO2.